The van der Waals surface area contributed by atoms with E-state index in [1.807, 2.05) is 13.8 Å². The molecule has 2 nitrogen and oxygen atoms in total. The molecule has 0 radical (unpaired) electrons. The SMILES string of the molecule is CC1CC(O)C(S)C(C)O1. The van der Waals surface area contributed by atoms with Crippen molar-refractivity contribution >= 4 is 12.6 Å². The highest BCUT2D eigenvalue weighted by atomic mass is 32.1. The summed E-state index contributed by atoms with van der Waals surface area (Å²) in [5.41, 5.74) is 0. The summed E-state index contributed by atoms with van der Waals surface area (Å²) >= 11 is 4.22. The number of hydrogen-bond donors (Lipinski definition) is 2. The lowest BCUT2D eigenvalue weighted by Crippen LogP contribution is -2.42. The number of thiol groups is 1. The Morgan fingerprint density at radius 2 is 2.10 bits per heavy atom. The first kappa shape index (κ1) is 8.37. The highest BCUT2D eigenvalue weighted by Gasteiger charge is 2.30. The summed E-state index contributed by atoms with van der Waals surface area (Å²) < 4.78 is 5.43. The first-order valence-electron chi connectivity index (χ1n) is 3.63. The van der Waals surface area contributed by atoms with Gasteiger partial charge >= 0.3 is 0 Å². The predicted molar refractivity (Wildman–Crippen MR) is 43.4 cm³/mol. The summed E-state index contributed by atoms with van der Waals surface area (Å²) in [6.07, 6.45) is 0.649. The van der Waals surface area contributed by atoms with Crippen LogP contribution < -0.4 is 0 Å². The van der Waals surface area contributed by atoms with Gasteiger partial charge in [0.2, 0.25) is 0 Å². The molecule has 1 aliphatic rings. The Hall–Kier alpha value is 0.270. The van der Waals surface area contributed by atoms with Crippen molar-refractivity contribution in [2.75, 3.05) is 0 Å². The van der Waals surface area contributed by atoms with Crippen LogP contribution in [0.2, 0.25) is 0 Å². The predicted octanol–water partition coefficient (Wildman–Crippen LogP) is 0.843. The van der Waals surface area contributed by atoms with Gasteiger partial charge in [0.25, 0.3) is 0 Å². The number of ether oxygens (including phenoxy) is 1. The second-order valence-electron chi connectivity index (χ2n) is 2.95. The molecule has 1 rings (SSSR count). The molecular weight excluding hydrogens is 148 g/mol. The van der Waals surface area contributed by atoms with Gasteiger partial charge in [0.15, 0.2) is 0 Å². The van der Waals surface area contributed by atoms with Crippen molar-refractivity contribution in [3.63, 3.8) is 0 Å². The zero-order valence-electron chi connectivity index (χ0n) is 6.32. The van der Waals surface area contributed by atoms with E-state index in [0.717, 1.165) is 0 Å². The molecule has 1 N–H and O–H groups in total. The highest BCUT2D eigenvalue weighted by molar-refractivity contribution is 7.81. The number of aliphatic hydroxyl groups is 1. The topological polar surface area (TPSA) is 29.5 Å². The fourth-order valence-electron chi connectivity index (χ4n) is 1.29. The maximum Gasteiger partial charge on any atom is 0.0705 e. The normalized spacial score (nSPS) is 49.2. The minimum Gasteiger partial charge on any atom is -0.392 e. The van der Waals surface area contributed by atoms with Crippen molar-refractivity contribution in [2.24, 2.45) is 0 Å². The minimum absolute atomic E-state index is 0.0174. The molecule has 0 aromatic carbocycles. The summed E-state index contributed by atoms with van der Waals surface area (Å²) in [4.78, 5) is 0. The molecule has 0 aromatic heterocycles. The average Bonchev–Trinajstić information content (AvgIpc) is 1.82. The van der Waals surface area contributed by atoms with Crippen molar-refractivity contribution in [3.8, 4) is 0 Å². The molecule has 0 amide bonds. The third-order valence-electron chi connectivity index (χ3n) is 1.90. The summed E-state index contributed by atoms with van der Waals surface area (Å²) in [6.45, 7) is 3.91. The van der Waals surface area contributed by atoms with Gasteiger partial charge in [-0.15, -0.1) is 0 Å². The van der Waals surface area contributed by atoms with Crippen LogP contribution in [0.3, 0.4) is 0 Å². The molecule has 4 unspecified atom stereocenters. The van der Waals surface area contributed by atoms with Gasteiger partial charge in [-0.1, -0.05) is 0 Å². The molecule has 1 saturated heterocycles. The van der Waals surface area contributed by atoms with Gasteiger partial charge in [0.05, 0.1) is 23.6 Å². The molecule has 0 aromatic rings. The monoisotopic (exact) mass is 162 g/mol. The van der Waals surface area contributed by atoms with Gasteiger partial charge < -0.3 is 9.84 Å². The maximum absolute atomic E-state index is 9.36. The van der Waals surface area contributed by atoms with Gasteiger partial charge in [-0.25, -0.2) is 0 Å². The highest BCUT2D eigenvalue weighted by Crippen LogP contribution is 2.23. The zero-order chi connectivity index (χ0) is 7.72. The van der Waals surface area contributed by atoms with E-state index in [1.165, 1.54) is 0 Å². The molecule has 3 heteroatoms. The second-order valence-corrected chi connectivity index (χ2v) is 3.54. The Morgan fingerprint density at radius 1 is 1.50 bits per heavy atom. The minimum atomic E-state index is -0.304. The van der Waals surface area contributed by atoms with Gasteiger partial charge in [0, 0.05) is 6.42 Å². The number of aliphatic hydroxyl groups excluding tert-OH is 1. The summed E-state index contributed by atoms with van der Waals surface area (Å²) in [6, 6.07) is 0. The van der Waals surface area contributed by atoms with E-state index in [-0.39, 0.29) is 23.6 Å². The Labute approximate surface area is 67.0 Å². The first-order valence-corrected chi connectivity index (χ1v) is 4.14. The third-order valence-corrected chi connectivity index (χ3v) is 2.66. The van der Waals surface area contributed by atoms with Crippen LogP contribution in [0.25, 0.3) is 0 Å². The molecular formula is C7H14O2S. The quantitative estimate of drug-likeness (QED) is 0.517. The molecule has 1 aliphatic heterocycles. The molecule has 0 saturated carbocycles. The van der Waals surface area contributed by atoms with Gasteiger partial charge in [-0.05, 0) is 13.8 Å². The Balaban J connectivity index is 2.49. The number of rotatable bonds is 0. The van der Waals surface area contributed by atoms with E-state index < -0.39 is 0 Å². The van der Waals surface area contributed by atoms with Crippen LogP contribution in [0.1, 0.15) is 20.3 Å². The van der Waals surface area contributed by atoms with Crippen molar-refractivity contribution in [3.05, 3.63) is 0 Å². The second kappa shape index (κ2) is 3.11. The molecule has 0 bridgehead atoms. The van der Waals surface area contributed by atoms with Gasteiger partial charge in [-0.2, -0.15) is 12.6 Å². The average molecular weight is 162 g/mol. The van der Waals surface area contributed by atoms with E-state index in [1.54, 1.807) is 0 Å². The Bertz CT molecular complexity index is 106. The van der Waals surface area contributed by atoms with E-state index in [9.17, 15) is 5.11 Å². The summed E-state index contributed by atoms with van der Waals surface area (Å²) in [5, 5.41) is 9.34. The summed E-state index contributed by atoms with van der Waals surface area (Å²) in [7, 11) is 0. The largest absolute Gasteiger partial charge is 0.392 e. The fraction of sp³-hybridized carbons (Fsp3) is 1.00. The van der Waals surface area contributed by atoms with Crippen molar-refractivity contribution in [2.45, 2.75) is 43.8 Å². The van der Waals surface area contributed by atoms with E-state index in [4.69, 9.17) is 4.74 Å². The van der Waals surface area contributed by atoms with Gasteiger partial charge in [-0.3, -0.25) is 0 Å². The van der Waals surface area contributed by atoms with Crippen molar-refractivity contribution < 1.29 is 9.84 Å². The third kappa shape index (κ3) is 1.65. The lowest BCUT2D eigenvalue weighted by atomic mass is 10.0. The van der Waals surface area contributed by atoms with Gasteiger partial charge in [0.1, 0.15) is 0 Å². The molecule has 1 fully saturated rings. The van der Waals surface area contributed by atoms with Crippen LogP contribution in [0, 0.1) is 0 Å². The maximum atomic E-state index is 9.36. The van der Waals surface area contributed by atoms with E-state index >= 15 is 0 Å². The lowest BCUT2D eigenvalue weighted by molar-refractivity contribution is -0.0731. The molecule has 0 aliphatic carbocycles. The zero-order valence-corrected chi connectivity index (χ0v) is 7.21. The van der Waals surface area contributed by atoms with Crippen LogP contribution in [-0.2, 0) is 4.74 Å². The van der Waals surface area contributed by atoms with Crippen LogP contribution in [0.15, 0.2) is 0 Å². The molecule has 4 atom stereocenters. The molecule has 1 heterocycles. The Kier molecular flexibility index (Phi) is 2.61. The van der Waals surface area contributed by atoms with E-state index in [2.05, 4.69) is 12.6 Å². The Morgan fingerprint density at radius 3 is 2.60 bits per heavy atom. The standard InChI is InChI=1S/C7H14O2S/c1-4-3-6(8)7(10)5(2)9-4/h4-8,10H,3H2,1-2H3. The van der Waals surface area contributed by atoms with Crippen LogP contribution in [0.5, 0.6) is 0 Å². The van der Waals surface area contributed by atoms with Crippen molar-refractivity contribution in [1.29, 1.82) is 0 Å². The molecule has 0 spiro atoms. The van der Waals surface area contributed by atoms with Crippen molar-refractivity contribution in [1.82, 2.24) is 0 Å². The van der Waals surface area contributed by atoms with Crippen LogP contribution in [-0.4, -0.2) is 28.7 Å². The number of hydrogen-bond acceptors (Lipinski definition) is 3. The van der Waals surface area contributed by atoms with E-state index in [0.29, 0.717) is 6.42 Å². The molecule has 10 heavy (non-hydrogen) atoms. The van der Waals surface area contributed by atoms with Crippen LogP contribution >= 0.6 is 12.6 Å². The van der Waals surface area contributed by atoms with Crippen LogP contribution in [0.4, 0.5) is 0 Å². The smallest absolute Gasteiger partial charge is 0.0705 e. The molecule has 60 valence electrons. The first-order chi connectivity index (χ1) is 4.61. The summed E-state index contributed by atoms with van der Waals surface area (Å²) in [5.74, 6) is 0. The fourth-order valence-corrected chi connectivity index (χ4v) is 1.49. The lowest BCUT2D eigenvalue weighted by Gasteiger charge is -2.34.